The summed E-state index contributed by atoms with van der Waals surface area (Å²) in [5.41, 5.74) is 9.98. The average Bonchev–Trinajstić information content (AvgIpc) is 2.94. The molecule has 0 saturated carbocycles. The fraction of sp³-hybridized carbons (Fsp3) is 0.375. The maximum Gasteiger partial charge on any atom is 0.161 e. The highest BCUT2D eigenvalue weighted by atomic mass is 32.1. The lowest BCUT2D eigenvalue weighted by Crippen LogP contribution is -2.13. The molecule has 0 aliphatic heterocycles. The molecule has 1 aromatic heterocycles. The molecule has 2 aromatic rings. The van der Waals surface area contributed by atoms with Crippen LogP contribution in [0.4, 0.5) is 0 Å². The van der Waals surface area contributed by atoms with E-state index in [1.807, 2.05) is 12.1 Å². The predicted molar refractivity (Wildman–Crippen MR) is 84.0 cm³/mol. The molecule has 4 heteroatoms. The van der Waals surface area contributed by atoms with E-state index in [0.29, 0.717) is 0 Å². The van der Waals surface area contributed by atoms with Crippen LogP contribution < -0.4 is 15.2 Å². The third-order valence-electron chi connectivity index (χ3n) is 3.55. The van der Waals surface area contributed by atoms with Crippen molar-refractivity contribution >= 4 is 11.3 Å². The van der Waals surface area contributed by atoms with Crippen molar-refractivity contribution in [3.63, 3.8) is 0 Å². The highest BCUT2D eigenvalue weighted by molar-refractivity contribution is 7.10. The number of benzene rings is 1. The average molecular weight is 291 g/mol. The van der Waals surface area contributed by atoms with Gasteiger partial charge in [-0.05, 0) is 53.6 Å². The maximum absolute atomic E-state index is 6.47. The lowest BCUT2D eigenvalue weighted by Gasteiger charge is -2.18. The first-order valence-electron chi connectivity index (χ1n) is 6.66. The smallest absolute Gasteiger partial charge is 0.161 e. The normalized spacial score (nSPS) is 12.2. The van der Waals surface area contributed by atoms with Gasteiger partial charge in [-0.25, -0.2) is 0 Å². The molecule has 0 aliphatic carbocycles. The zero-order valence-electron chi connectivity index (χ0n) is 12.4. The number of hydrogen-bond donors (Lipinski definition) is 1. The van der Waals surface area contributed by atoms with E-state index in [-0.39, 0.29) is 6.04 Å². The molecular formula is C16H21NO2S. The lowest BCUT2D eigenvalue weighted by atomic mass is 9.97. The van der Waals surface area contributed by atoms with Crippen molar-refractivity contribution in [2.45, 2.75) is 26.3 Å². The van der Waals surface area contributed by atoms with Crippen LogP contribution in [0.25, 0.3) is 0 Å². The van der Waals surface area contributed by atoms with Crippen molar-refractivity contribution in [2.24, 2.45) is 5.73 Å². The predicted octanol–water partition coefficient (Wildman–Crippen LogP) is 3.68. The summed E-state index contributed by atoms with van der Waals surface area (Å²) in [4.78, 5) is 1.22. The molecule has 1 heterocycles. The van der Waals surface area contributed by atoms with Gasteiger partial charge in [-0.2, -0.15) is 0 Å². The molecule has 0 fully saturated rings. The minimum absolute atomic E-state index is 0.121. The number of rotatable bonds is 5. The summed E-state index contributed by atoms with van der Waals surface area (Å²) in [6.07, 6.45) is 0.999. The number of methoxy groups -OCH3 is 2. The van der Waals surface area contributed by atoms with Gasteiger partial charge in [0.15, 0.2) is 11.5 Å². The van der Waals surface area contributed by atoms with Crippen LogP contribution in [-0.4, -0.2) is 14.2 Å². The van der Waals surface area contributed by atoms with Crippen molar-refractivity contribution in [3.8, 4) is 11.5 Å². The molecule has 0 bridgehead atoms. The molecule has 0 aliphatic rings. The Morgan fingerprint density at radius 1 is 1.20 bits per heavy atom. The standard InChI is InChI=1S/C16H21NO2S/c1-5-11-6-7-20-16(11)15(17)12-9-14(19-4)13(18-3)8-10(12)2/h6-9,15H,5,17H2,1-4H3. The van der Waals surface area contributed by atoms with Gasteiger partial charge in [0.05, 0.1) is 20.3 Å². The van der Waals surface area contributed by atoms with Crippen LogP contribution in [0.2, 0.25) is 0 Å². The zero-order valence-corrected chi connectivity index (χ0v) is 13.2. The fourth-order valence-corrected chi connectivity index (χ4v) is 3.40. The SMILES string of the molecule is CCc1ccsc1C(N)c1cc(OC)c(OC)cc1C. The molecule has 0 radical (unpaired) electrons. The topological polar surface area (TPSA) is 44.5 Å². The third kappa shape index (κ3) is 2.67. The zero-order chi connectivity index (χ0) is 14.7. The Balaban J connectivity index is 2.46. The van der Waals surface area contributed by atoms with Crippen molar-refractivity contribution < 1.29 is 9.47 Å². The largest absolute Gasteiger partial charge is 0.493 e. The van der Waals surface area contributed by atoms with Crippen molar-refractivity contribution in [2.75, 3.05) is 14.2 Å². The van der Waals surface area contributed by atoms with E-state index in [4.69, 9.17) is 15.2 Å². The highest BCUT2D eigenvalue weighted by Gasteiger charge is 2.18. The minimum Gasteiger partial charge on any atom is -0.493 e. The lowest BCUT2D eigenvalue weighted by molar-refractivity contribution is 0.354. The van der Waals surface area contributed by atoms with Gasteiger partial charge in [0.25, 0.3) is 0 Å². The Morgan fingerprint density at radius 3 is 2.45 bits per heavy atom. The van der Waals surface area contributed by atoms with Gasteiger partial charge >= 0.3 is 0 Å². The Bertz CT molecular complexity index is 592. The Hall–Kier alpha value is -1.52. The number of hydrogen-bond acceptors (Lipinski definition) is 4. The van der Waals surface area contributed by atoms with Crippen LogP contribution in [0.3, 0.4) is 0 Å². The number of aryl methyl sites for hydroxylation is 2. The van der Waals surface area contributed by atoms with E-state index < -0.39 is 0 Å². The first kappa shape index (κ1) is 14.9. The van der Waals surface area contributed by atoms with Crippen LogP contribution in [0, 0.1) is 6.92 Å². The second-order valence-corrected chi connectivity index (χ2v) is 5.65. The molecule has 1 aromatic carbocycles. The van der Waals surface area contributed by atoms with E-state index in [1.165, 1.54) is 10.4 Å². The van der Waals surface area contributed by atoms with Gasteiger partial charge in [0.2, 0.25) is 0 Å². The Kier molecular flexibility index (Phi) is 4.68. The number of ether oxygens (including phenoxy) is 2. The molecule has 2 rings (SSSR count). The van der Waals surface area contributed by atoms with E-state index >= 15 is 0 Å². The van der Waals surface area contributed by atoms with Crippen LogP contribution in [0.1, 0.15) is 34.5 Å². The molecule has 2 N–H and O–H groups in total. The molecule has 0 amide bonds. The summed E-state index contributed by atoms with van der Waals surface area (Å²) in [5, 5.41) is 2.10. The molecule has 20 heavy (non-hydrogen) atoms. The van der Waals surface area contributed by atoms with E-state index in [2.05, 4.69) is 25.3 Å². The highest BCUT2D eigenvalue weighted by Crippen LogP contribution is 2.36. The number of nitrogens with two attached hydrogens (primary N) is 1. The first-order chi connectivity index (χ1) is 9.62. The molecule has 1 atom stereocenters. The summed E-state index contributed by atoms with van der Waals surface area (Å²) in [6, 6.07) is 5.99. The van der Waals surface area contributed by atoms with Crippen LogP contribution in [0.5, 0.6) is 11.5 Å². The van der Waals surface area contributed by atoms with Gasteiger partial charge in [-0.1, -0.05) is 6.92 Å². The van der Waals surface area contributed by atoms with E-state index in [1.54, 1.807) is 25.6 Å². The second-order valence-electron chi connectivity index (χ2n) is 4.71. The van der Waals surface area contributed by atoms with E-state index in [0.717, 1.165) is 29.0 Å². The van der Waals surface area contributed by atoms with Crippen molar-refractivity contribution in [1.82, 2.24) is 0 Å². The quantitative estimate of drug-likeness (QED) is 0.914. The fourth-order valence-electron chi connectivity index (χ4n) is 2.39. The summed E-state index contributed by atoms with van der Waals surface area (Å²) in [6.45, 7) is 4.20. The minimum atomic E-state index is -0.121. The molecular weight excluding hydrogens is 270 g/mol. The summed E-state index contributed by atoms with van der Waals surface area (Å²) in [5.74, 6) is 1.46. The van der Waals surface area contributed by atoms with Gasteiger partial charge in [0.1, 0.15) is 0 Å². The van der Waals surface area contributed by atoms with Crippen LogP contribution >= 0.6 is 11.3 Å². The van der Waals surface area contributed by atoms with Gasteiger partial charge < -0.3 is 15.2 Å². The molecule has 3 nitrogen and oxygen atoms in total. The van der Waals surface area contributed by atoms with Crippen LogP contribution in [-0.2, 0) is 6.42 Å². The molecule has 0 spiro atoms. The summed E-state index contributed by atoms with van der Waals surface area (Å²) < 4.78 is 10.7. The summed E-state index contributed by atoms with van der Waals surface area (Å²) in [7, 11) is 3.29. The molecule has 0 saturated heterocycles. The Morgan fingerprint density at radius 2 is 1.85 bits per heavy atom. The molecule has 1 unspecified atom stereocenters. The van der Waals surface area contributed by atoms with Gasteiger partial charge in [-0.3, -0.25) is 0 Å². The van der Waals surface area contributed by atoms with Crippen LogP contribution in [0.15, 0.2) is 23.6 Å². The second kappa shape index (κ2) is 6.29. The van der Waals surface area contributed by atoms with Gasteiger partial charge in [0, 0.05) is 4.88 Å². The van der Waals surface area contributed by atoms with Crippen molar-refractivity contribution in [1.29, 1.82) is 0 Å². The molecule has 108 valence electrons. The number of thiophene rings is 1. The summed E-state index contributed by atoms with van der Waals surface area (Å²) >= 11 is 1.71. The Labute approximate surface area is 124 Å². The van der Waals surface area contributed by atoms with Gasteiger partial charge in [-0.15, -0.1) is 11.3 Å². The monoisotopic (exact) mass is 291 g/mol. The van der Waals surface area contributed by atoms with Crippen molar-refractivity contribution in [3.05, 3.63) is 45.1 Å². The van der Waals surface area contributed by atoms with E-state index in [9.17, 15) is 0 Å². The first-order valence-corrected chi connectivity index (χ1v) is 7.54. The third-order valence-corrected chi connectivity index (χ3v) is 4.59. The maximum atomic E-state index is 6.47.